The summed E-state index contributed by atoms with van der Waals surface area (Å²) >= 11 is 0. The van der Waals surface area contributed by atoms with Crippen LogP contribution in [0.4, 0.5) is 4.79 Å². The van der Waals surface area contributed by atoms with Crippen molar-refractivity contribution in [2.75, 3.05) is 32.9 Å². The SMILES string of the molecule is O=C(NC1(CC(=O)N2CC(C(=O)O)C2)CCOCC1)OCC1c2ccccc2-c2ccccc21. The number of nitrogens with one attached hydrogen (secondary N) is 1. The predicted octanol–water partition coefficient (Wildman–Crippen LogP) is 3.01. The molecule has 2 N–H and O–H groups in total. The second-order valence-corrected chi connectivity index (χ2v) is 9.35. The van der Waals surface area contributed by atoms with Crippen molar-refractivity contribution in [1.29, 1.82) is 0 Å². The Morgan fingerprint density at radius 1 is 1.00 bits per heavy atom. The maximum Gasteiger partial charge on any atom is 0.407 e. The number of carbonyl (C=O) groups is 3. The number of ether oxygens (including phenoxy) is 2. The van der Waals surface area contributed by atoms with Crippen LogP contribution in [-0.4, -0.2) is 66.4 Å². The molecular weight excluding hydrogens is 436 g/mol. The van der Waals surface area contributed by atoms with E-state index in [2.05, 4.69) is 29.6 Å². The first-order valence-electron chi connectivity index (χ1n) is 11.7. The summed E-state index contributed by atoms with van der Waals surface area (Å²) in [7, 11) is 0. The Kier molecular flexibility index (Phi) is 6.00. The first-order valence-corrected chi connectivity index (χ1v) is 11.7. The first-order chi connectivity index (χ1) is 16.5. The summed E-state index contributed by atoms with van der Waals surface area (Å²) < 4.78 is 11.2. The van der Waals surface area contributed by atoms with Gasteiger partial charge in [-0.05, 0) is 35.1 Å². The lowest BCUT2D eigenvalue weighted by Crippen LogP contribution is -2.58. The Morgan fingerprint density at radius 3 is 2.18 bits per heavy atom. The number of nitrogens with zero attached hydrogens (tertiary/aromatic N) is 1. The fourth-order valence-electron chi connectivity index (χ4n) is 5.20. The van der Waals surface area contributed by atoms with E-state index in [9.17, 15) is 14.4 Å². The number of likely N-dealkylation sites (tertiary alicyclic amines) is 1. The van der Waals surface area contributed by atoms with Crippen molar-refractivity contribution in [3.63, 3.8) is 0 Å². The molecule has 8 nitrogen and oxygen atoms in total. The lowest BCUT2D eigenvalue weighted by atomic mass is 9.85. The monoisotopic (exact) mass is 464 g/mol. The van der Waals surface area contributed by atoms with Crippen molar-refractivity contribution < 1.29 is 29.0 Å². The number of carboxylic acid groups (broad SMARTS) is 1. The van der Waals surface area contributed by atoms with Gasteiger partial charge in [0.05, 0.1) is 17.9 Å². The fraction of sp³-hybridized carbons (Fsp3) is 0.423. The van der Waals surface area contributed by atoms with Crippen molar-refractivity contribution >= 4 is 18.0 Å². The third-order valence-corrected chi connectivity index (χ3v) is 7.23. The molecule has 0 atom stereocenters. The number of rotatable bonds is 6. The van der Waals surface area contributed by atoms with Gasteiger partial charge < -0.3 is 24.8 Å². The van der Waals surface area contributed by atoms with Crippen LogP contribution in [0.5, 0.6) is 0 Å². The summed E-state index contributed by atoms with van der Waals surface area (Å²) in [5.41, 5.74) is 3.84. The normalized spacial score (nSPS) is 19.0. The van der Waals surface area contributed by atoms with Crippen LogP contribution in [0.1, 0.15) is 36.3 Å². The van der Waals surface area contributed by atoms with Gasteiger partial charge in [0.15, 0.2) is 0 Å². The number of amides is 2. The molecule has 0 spiro atoms. The molecule has 2 fully saturated rings. The summed E-state index contributed by atoms with van der Waals surface area (Å²) in [6, 6.07) is 16.3. The van der Waals surface area contributed by atoms with E-state index in [1.165, 1.54) is 4.90 Å². The van der Waals surface area contributed by atoms with Gasteiger partial charge in [0.25, 0.3) is 0 Å². The lowest BCUT2D eigenvalue weighted by Gasteiger charge is -2.42. The number of carboxylic acids is 1. The maximum atomic E-state index is 12.9. The van der Waals surface area contributed by atoms with Gasteiger partial charge in [-0.15, -0.1) is 0 Å². The third-order valence-electron chi connectivity index (χ3n) is 7.23. The zero-order chi connectivity index (χ0) is 23.7. The highest BCUT2D eigenvalue weighted by molar-refractivity contribution is 5.83. The molecule has 8 heteroatoms. The summed E-state index contributed by atoms with van der Waals surface area (Å²) in [4.78, 5) is 38.3. The molecule has 34 heavy (non-hydrogen) atoms. The van der Waals surface area contributed by atoms with E-state index in [1.807, 2.05) is 24.3 Å². The number of carbonyl (C=O) groups excluding carboxylic acids is 2. The molecule has 2 aliphatic heterocycles. The van der Waals surface area contributed by atoms with Crippen LogP contribution in [0.2, 0.25) is 0 Å². The average Bonchev–Trinajstić information content (AvgIpc) is 3.10. The van der Waals surface area contributed by atoms with Gasteiger partial charge in [-0.3, -0.25) is 9.59 Å². The highest BCUT2D eigenvalue weighted by Gasteiger charge is 2.42. The molecule has 2 amide bonds. The number of aliphatic carboxylic acids is 1. The van der Waals surface area contributed by atoms with Crippen molar-refractivity contribution in [2.24, 2.45) is 5.92 Å². The van der Waals surface area contributed by atoms with Crippen LogP contribution < -0.4 is 5.32 Å². The molecule has 1 aliphatic carbocycles. The van der Waals surface area contributed by atoms with E-state index in [1.54, 1.807) is 0 Å². The lowest BCUT2D eigenvalue weighted by molar-refractivity contribution is -0.153. The van der Waals surface area contributed by atoms with E-state index in [4.69, 9.17) is 14.6 Å². The summed E-state index contributed by atoms with van der Waals surface area (Å²) in [6.07, 6.45) is 0.550. The Labute approximate surface area is 197 Å². The molecular formula is C26H28N2O6. The molecule has 5 rings (SSSR count). The van der Waals surface area contributed by atoms with E-state index >= 15 is 0 Å². The Balaban J connectivity index is 1.23. The maximum absolute atomic E-state index is 12.9. The Hall–Kier alpha value is -3.39. The van der Waals surface area contributed by atoms with Gasteiger partial charge in [0, 0.05) is 32.2 Å². The van der Waals surface area contributed by atoms with E-state index in [0.29, 0.717) is 26.1 Å². The van der Waals surface area contributed by atoms with Crippen LogP contribution >= 0.6 is 0 Å². The minimum absolute atomic E-state index is 0.0422. The molecule has 0 saturated carbocycles. The zero-order valence-electron chi connectivity index (χ0n) is 18.9. The quantitative estimate of drug-likeness (QED) is 0.681. The second-order valence-electron chi connectivity index (χ2n) is 9.35. The van der Waals surface area contributed by atoms with E-state index < -0.39 is 23.5 Å². The van der Waals surface area contributed by atoms with Gasteiger partial charge in [-0.1, -0.05) is 48.5 Å². The highest BCUT2D eigenvalue weighted by Crippen LogP contribution is 2.44. The van der Waals surface area contributed by atoms with Crippen molar-refractivity contribution in [3.05, 3.63) is 59.7 Å². The number of hydrogen-bond acceptors (Lipinski definition) is 5. The molecule has 178 valence electrons. The topological polar surface area (TPSA) is 105 Å². The molecule has 2 heterocycles. The van der Waals surface area contributed by atoms with Gasteiger partial charge in [-0.2, -0.15) is 0 Å². The minimum Gasteiger partial charge on any atom is -0.481 e. The molecule has 0 unspecified atom stereocenters. The summed E-state index contributed by atoms with van der Waals surface area (Å²) in [6.45, 7) is 1.51. The number of benzene rings is 2. The van der Waals surface area contributed by atoms with Crippen LogP contribution in [0, 0.1) is 5.92 Å². The Morgan fingerprint density at radius 2 is 1.59 bits per heavy atom. The van der Waals surface area contributed by atoms with Crippen LogP contribution in [0.25, 0.3) is 11.1 Å². The van der Waals surface area contributed by atoms with Crippen molar-refractivity contribution in [2.45, 2.75) is 30.7 Å². The predicted molar refractivity (Wildman–Crippen MR) is 123 cm³/mol. The zero-order valence-corrected chi connectivity index (χ0v) is 18.9. The molecule has 0 bridgehead atoms. The fourth-order valence-corrected chi connectivity index (χ4v) is 5.20. The summed E-state index contributed by atoms with van der Waals surface area (Å²) in [5.74, 6) is -1.59. The molecule has 2 aromatic rings. The molecule has 2 saturated heterocycles. The third kappa shape index (κ3) is 4.25. The second kappa shape index (κ2) is 9.10. The van der Waals surface area contributed by atoms with Gasteiger partial charge in [0.2, 0.25) is 5.91 Å². The molecule has 0 aromatic heterocycles. The average molecular weight is 465 g/mol. The number of fused-ring (bicyclic) bond motifs is 3. The van der Waals surface area contributed by atoms with E-state index in [-0.39, 0.29) is 37.9 Å². The molecule has 3 aliphatic rings. The van der Waals surface area contributed by atoms with Crippen molar-refractivity contribution in [3.8, 4) is 11.1 Å². The minimum atomic E-state index is -0.887. The Bertz CT molecular complexity index is 1060. The smallest absolute Gasteiger partial charge is 0.407 e. The van der Waals surface area contributed by atoms with Crippen molar-refractivity contribution in [1.82, 2.24) is 10.2 Å². The largest absolute Gasteiger partial charge is 0.481 e. The molecule has 0 radical (unpaired) electrons. The van der Waals surface area contributed by atoms with Gasteiger partial charge >= 0.3 is 12.1 Å². The first kappa shape index (κ1) is 22.4. The number of hydrogen-bond donors (Lipinski definition) is 2. The van der Waals surface area contributed by atoms with Crippen LogP contribution in [-0.2, 0) is 19.1 Å². The van der Waals surface area contributed by atoms with E-state index in [0.717, 1.165) is 22.3 Å². The van der Waals surface area contributed by atoms with Gasteiger partial charge in [-0.25, -0.2) is 4.79 Å². The standard InChI is InChI=1S/C26H28N2O6/c29-23(28-14-17(15-28)24(30)31)13-26(9-11-33-12-10-26)27-25(32)34-16-22-20-7-3-1-5-18(20)19-6-2-4-8-21(19)22/h1-8,17,22H,9-16H2,(H,27,32)(H,30,31). The summed E-state index contributed by atoms with van der Waals surface area (Å²) in [5, 5.41) is 12.0. The van der Waals surface area contributed by atoms with Gasteiger partial charge in [0.1, 0.15) is 6.61 Å². The van der Waals surface area contributed by atoms with Crippen LogP contribution in [0.3, 0.4) is 0 Å². The number of alkyl carbamates (subject to hydrolysis) is 1. The molecule has 2 aromatic carbocycles. The van der Waals surface area contributed by atoms with Crippen LogP contribution in [0.15, 0.2) is 48.5 Å². The highest BCUT2D eigenvalue weighted by atomic mass is 16.5.